The van der Waals surface area contributed by atoms with Gasteiger partial charge in [0.05, 0.1) is 6.10 Å². The lowest BCUT2D eigenvalue weighted by atomic mass is 9.96. The smallest absolute Gasteiger partial charge is 0.410 e. The number of carbonyl (C=O) groups excluding carboxylic acids is 1. The summed E-state index contributed by atoms with van der Waals surface area (Å²) in [6.07, 6.45) is 1.08. The van der Waals surface area contributed by atoms with Crippen LogP contribution in [0.4, 0.5) is 4.79 Å². The fourth-order valence-electron chi connectivity index (χ4n) is 2.60. The first-order valence-corrected chi connectivity index (χ1v) is 6.21. The molecular weight excluding hydrogens is 256 g/mol. The molecule has 0 aliphatic carbocycles. The Hall–Kier alpha value is -0.520. The topological polar surface area (TPSA) is 61.8 Å². The van der Waals surface area contributed by atoms with Gasteiger partial charge in [-0.25, -0.2) is 4.79 Å². The average Bonchev–Trinajstić information content (AvgIpc) is 2.72. The van der Waals surface area contributed by atoms with Crippen LogP contribution in [0.15, 0.2) is 0 Å². The van der Waals surface area contributed by atoms with Gasteiger partial charge in [-0.05, 0) is 33.6 Å². The van der Waals surface area contributed by atoms with Gasteiger partial charge in [-0.2, -0.15) is 0 Å². The first-order valence-electron chi connectivity index (χ1n) is 6.21. The van der Waals surface area contributed by atoms with Crippen molar-refractivity contribution < 1.29 is 14.6 Å². The minimum atomic E-state index is -0.449. The molecule has 2 fully saturated rings. The van der Waals surface area contributed by atoms with Crippen LogP contribution in [0, 0.1) is 0 Å². The van der Waals surface area contributed by atoms with Crippen molar-refractivity contribution in [1.29, 1.82) is 0 Å². The predicted octanol–water partition coefficient (Wildman–Crippen LogP) is 1.14. The predicted molar refractivity (Wildman–Crippen MR) is 71.0 cm³/mol. The number of aliphatic hydroxyl groups is 1. The second kappa shape index (κ2) is 5.23. The van der Waals surface area contributed by atoms with Crippen molar-refractivity contribution in [3.63, 3.8) is 0 Å². The Morgan fingerprint density at radius 1 is 1.50 bits per heavy atom. The summed E-state index contributed by atoms with van der Waals surface area (Å²) in [4.78, 5) is 13.6. The van der Waals surface area contributed by atoms with Crippen molar-refractivity contribution in [2.45, 2.75) is 50.9 Å². The van der Waals surface area contributed by atoms with E-state index >= 15 is 0 Å². The van der Waals surface area contributed by atoms with Crippen LogP contribution in [0.3, 0.4) is 0 Å². The van der Waals surface area contributed by atoms with E-state index in [-0.39, 0.29) is 30.1 Å². The Balaban J connectivity index is 0.00000162. The highest BCUT2D eigenvalue weighted by Gasteiger charge is 2.45. The highest BCUT2D eigenvalue weighted by atomic mass is 35.5. The number of likely N-dealkylation sites (tertiary alicyclic amines) is 1. The standard InChI is InChI=1S/C12H22N2O3.ClH/c1-11(2,3)17-10(16)14-5-4-12(8-14)6-9(15)7-13-12;/h9,13,15H,4-8H2,1-3H3;1H. The van der Waals surface area contributed by atoms with Crippen molar-refractivity contribution in [2.75, 3.05) is 19.6 Å². The number of nitrogens with zero attached hydrogens (tertiary/aromatic N) is 1. The first-order chi connectivity index (χ1) is 7.80. The molecule has 2 saturated heterocycles. The van der Waals surface area contributed by atoms with Crippen LogP contribution in [-0.4, -0.2) is 53.0 Å². The number of hydrogen-bond acceptors (Lipinski definition) is 4. The third-order valence-corrected chi connectivity index (χ3v) is 3.34. The molecule has 2 unspecified atom stereocenters. The van der Waals surface area contributed by atoms with E-state index in [1.807, 2.05) is 20.8 Å². The molecule has 2 aliphatic rings. The number of carbonyl (C=O) groups is 1. The Kier molecular flexibility index (Phi) is 4.51. The maximum atomic E-state index is 11.9. The molecule has 2 atom stereocenters. The van der Waals surface area contributed by atoms with E-state index < -0.39 is 5.60 Å². The molecule has 1 amide bonds. The van der Waals surface area contributed by atoms with Crippen LogP contribution < -0.4 is 5.32 Å². The van der Waals surface area contributed by atoms with Crippen molar-refractivity contribution in [2.24, 2.45) is 0 Å². The Morgan fingerprint density at radius 2 is 2.17 bits per heavy atom. The van der Waals surface area contributed by atoms with Crippen LogP contribution in [0.1, 0.15) is 33.6 Å². The summed E-state index contributed by atoms with van der Waals surface area (Å²) in [6, 6.07) is 0. The summed E-state index contributed by atoms with van der Waals surface area (Å²) in [6.45, 7) is 7.58. The number of ether oxygens (including phenoxy) is 1. The third kappa shape index (κ3) is 3.49. The fraction of sp³-hybridized carbons (Fsp3) is 0.917. The number of rotatable bonds is 0. The third-order valence-electron chi connectivity index (χ3n) is 3.34. The van der Waals surface area contributed by atoms with Gasteiger partial charge in [0.25, 0.3) is 0 Å². The monoisotopic (exact) mass is 278 g/mol. The van der Waals surface area contributed by atoms with Crippen LogP contribution in [0.25, 0.3) is 0 Å². The van der Waals surface area contributed by atoms with Gasteiger partial charge in [0.2, 0.25) is 0 Å². The lowest BCUT2D eigenvalue weighted by Gasteiger charge is -2.27. The molecule has 0 bridgehead atoms. The zero-order chi connectivity index (χ0) is 12.7. The Morgan fingerprint density at radius 3 is 2.67 bits per heavy atom. The molecule has 1 spiro atoms. The molecule has 2 N–H and O–H groups in total. The van der Waals surface area contributed by atoms with Crippen LogP contribution in [-0.2, 0) is 4.74 Å². The molecule has 6 heteroatoms. The van der Waals surface area contributed by atoms with Gasteiger partial charge in [-0.1, -0.05) is 0 Å². The van der Waals surface area contributed by atoms with Crippen molar-refractivity contribution in [1.82, 2.24) is 10.2 Å². The minimum absolute atomic E-state index is 0. The van der Waals surface area contributed by atoms with E-state index in [1.165, 1.54) is 0 Å². The minimum Gasteiger partial charge on any atom is -0.444 e. The van der Waals surface area contributed by atoms with E-state index in [1.54, 1.807) is 4.90 Å². The summed E-state index contributed by atoms with van der Waals surface area (Å²) in [5.74, 6) is 0. The highest BCUT2D eigenvalue weighted by molar-refractivity contribution is 5.85. The summed E-state index contributed by atoms with van der Waals surface area (Å²) >= 11 is 0. The molecule has 5 nitrogen and oxygen atoms in total. The van der Waals surface area contributed by atoms with Gasteiger partial charge in [0.15, 0.2) is 0 Å². The van der Waals surface area contributed by atoms with Crippen molar-refractivity contribution in [3.05, 3.63) is 0 Å². The molecule has 0 aromatic rings. The van der Waals surface area contributed by atoms with Gasteiger partial charge in [-0.3, -0.25) is 0 Å². The maximum Gasteiger partial charge on any atom is 0.410 e. The Labute approximate surface area is 114 Å². The summed E-state index contributed by atoms with van der Waals surface area (Å²) in [5, 5.41) is 12.9. The summed E-state index contributed by atoms with van der Waals surface area (Å²) in [5.41, 5.74) is -0.536. The normalized spacial score (nSPS) is 31.6. The maximum absolute atomic E-state index is 11.9. The summed E-state index contributed by atoms with van der Waals surface area (Å²) in [7, 11) is 0. The molecule has 0 aromatic heterocycles. The van der Waals surface area contributed by atoms with Gasteiger partial charge >= 0.3 is 6.09 Å². The number of β-amino-alcohol motifs (C(OH)–C–C–N with tert-alkyl or cyclic N) is 1. The molecule has 0 aromatic carbocycles. The molecule has 0 radical (unpaired) electrons. The molecule has 2 heterocycles. The lowest BCUT2D eigenvalue weighted by molar-refractivity contribution is 0.0281. The zero-order valence-corrected chi connectivity index (χ0v) is 12.0. The van der Waals surface area contributed by atoms with Gasteiger partial charge < -0.3 is 20.1 Å². The van der Waals surface area contributed by atoms with E-state index in [0.717, 1.165) is 12.8 Å². The number of nitrogens with one attached hydrogen (secondary N) is 1. The Bertz CT molecular complexity index is 319. The molecule has 0 saturated carbocycles. The van der Waals surface area contributed by atoms with E-state index in [2.05, 4.69) is 5.32 Å². The van der Waals surface area contributed by atoms with Crippen LogP contribution in [0.5, 0.6) is 0 Å². The molecule has 2 aliphatic heterocycles. The summed E-state index contributed by atoms with van der Waals surface area (Å²) < 4.78 is 5.35. The van der Waals surface area contributed by atoms with Gasteiger partial charge in [0.1, 0.15) is 5.60 Å². The zero-order valence-electron chi connectivity index (χ0n) is 11.2. The molecule has 106 valence electrons. The number of aliphatic hydroxyl groups excluding tert-OH is 1. The fourth-order valence-corrected chi connectivity index (χ4v) is 2.60. The average molecular weight is 279 g/mol. The van der Waals surface area contributed by atoms with Gasteiger partial charge in [0, 0.05) is 25.2 Å². The number of amides is 1. The second-order valence-corrected chi connectivity index (χ2v) is 6.17. The van der Waals surface area contributed by atoms with E-state index in [9.17, 15) is 9.90 Å². The second-order valence-electron chi connectivity index (χ2n) is 6.17. The number of hydrogen-bond donors (Lipinski definition) is 2. The first kappa shape index (κ1) is 15.5. The van der Waals surface area contributed by atoms with Crippen molar-refractivity contribution in [3.8, 4) is 0 Å². The van der Waals surface area contributed by atoms with Crippen LogP contribution in [0.2, 0.25) is 0 Å². The largest absolute Gasteiger partial charge is 0.444 e. The quantitative estimate of drug-likeness (QED) is 0.698. The molecular formula is C12H23ClN2O3. The van der Waals surface area contributed by atoms with Crippen molar-refractivity contribution >= 4 is 18.5 Å². The van der Waals surface area contributed by atoms with E-state index in [4.69, 9.17) is 4.74 Å². The molecule has 2 rings (SSSR count). The number of halogens is 1. The van der Waals surface area contributed by atoms with Gasteiger partial charge in [-0.15, -0.1) is 12.4 Å². The highest BCUT2D eigenvalue weighted by Crippen LogP contribution is 2.30. The van der Waals surface area contributed by atoms with Crippen LogP contribution >= 0.6 is 12.4 Å². The van der Waals surface area contributed by atoms with E-state index in [0.29, 0.717) is 19.6 Å². The lowest BCUT2D eigenvalue weighted by Crippen LogP contribution is -2.44. The molecule has 18 heavy (non-hydrogen) atoms. The SMILES string of the molecule is CC(C)(C)OC(=O)N1CCC2(CC(O)CN2)C1.Cl.